The predicted octanol–water partition coefficient (Wildman–Crippen LogP) is 4.89. The van der Waals surface area contributed by atoms with Crippen molar-refractivity contribution in [1.29, 1.82) is 0 Å². The zero-order chi connectivity index (χ0) is 13.3. The van der Waals surface area contributed by atoms with Crippen LogP contribution in [-0.2, 0) is 0 Å². The predicted molar refractivity (Wildman–Crippen MR) is 82.0 cm³/mol. The first-order valence-corrected chi connectivity index (χ1v) is 8.97. The van der Waals surface area contributed by atoms with Gasteiger partial charge in [0.25, 0.3) is 0 Å². The van der Waals surface area contributed by atoms with E-state index in [1.807, 2.05) is 0 Å². The third kappa shape index (κ3) is 3.17. The molecule has 3 aliphatic rings. The fraction of sp³-hybridized carbons (Fsp3) is 1.00. The topological polar surface area (TPSA) is 26.0 Å². The molecule has 0 amide bonds. The molecule has 1 heteroatoms. The van der Waals surface area contributed by atoms with Crippen molar-refractivity contribution in [3.05, 3.63) is 0 Å². The molecule has 3 saturated carbocycles. The smallest absolute Gasteiger partial charge is 0.0157 e. The van der Waals surface area contributed by atoms with E-state index in [0.717, 1.165) is 23.7 Å². The average Bonchev–Trinajstić information content (AvgIpc) is 2.93. The Hall–Kier alpha value is -0.0400. The SMILES string of the molecule is CCCC1CCCC(N)(CC2CC3CCC2C3)CC1. The van der Waals surface area contributed by atoms with Crippen LogP contribution in [0.15, 0.2) is 0 Å². The third-order valence-electron chi connectivity index (χ3n) is 6.59. The van der Waals surface area contributed by atoms with E-state index >= 15 is 0 Å². The lowest BCUT2D eigenvalue weighted by Crippen LogP contribution is -2.42. The molecule has 2 bridgehead atoms. The van der Waals surface area contributed by atoms with Crippen LogP contribution in [0.25, 0.3) is 0 Å². The van der Waals surface area contributed by atoms with Gasteiger partial charge in [-0.25, -0.2) is 0 Å². The van der Waals surface area contributed by atoms with E-state index in [1.54, 1.807) is 6.42 Å². The second kappa shape index (κ2) is 5.76. The molecule has 0 spiro atoms. The third-order valence-corrected chi connectivity index (χ3v) is 6.59. The highest BCUT2D eigenvalue weighted by Crippen LogP contribution is 2.51. The summed E-state index contributed by atoms with van der Waals surface area (Å²) in [4.78, 5) is 0. The van der Waals surface area contributed by atoms with Gasteiger partial charge in [0.2, 0.25) is 0 Å². The van der Waals surface area contributed by atoms with Crippen molar-refractivity contribution in [2.24, 2.45) is 29.4 Å². The second-order valence-corrected chi connectivity index (χ2v) is 8.09. The van der Waals surface area contributed by atoms with Gasteiger partial charge in [-0.15, -0.1) is 0 Å². The van der Waals surface area contributed by atoms with Gasteiger partial charge in [-0.2, -0.15) is 0 Å². The highest BCUT2D eigenvalue weighted by Gasteiger charge is 2.42. The van der Waals surface area contributed by atoms with E-state index in [2.05, 4.69) is 6.92 Å². The lowest BCUT2D eigenvalue weighted by Gasteiger charge is -2.34. The summed E-state index contributed by atoms with van der Waals surface area (Å²) in [6.07, 6.45) is 17.1. The molecule has 0 radical (unpaired) electrons. The average molecular weight is 263 g/mol. The van der Waals surface area contributed by atoms with E-state index in [0.29, 0.717) is 0 Å². The van der Waals surface area contributed by atoms with E-state index in [4.69, 9.17) is 5.73 Å². The molecule has 19 heavy (non-hydrogen) atoms. The summed E-state index contributed by atoms with van der Waals surface area (Å²) in [6, 6.07) is 0. The maximum Gasteiger partial charge on any atom is 0.0157 e. The monoisotopic (exact) mass is 263 g/mol. The standard InChI is InChI=1S/C18H33N/c1-2-4-14-5-3-9-18(19,10-8-14)13-17-12-15-6-7-16(17)11-15/h14-17H,2-13,19H2,1H3. The Balaban J connectivity index is 1.54. The Morgan fingerprint density at radius 1 is 1.05 bits per heavy atom. The van der Waals surface area contributed by atoms with Crippen LogP contribution < -0.4 is 5.73 Å². The Labute approximate surface area is 119 Å². The molecule has 0 saturated heterocycles. The number of fused-ring (bicyclic) bond motifs is 2. The van der Waals surface area contributed by atoms with Gasteiger partial charge >= 0.3 is 0 Å². The minimum atomic E-state index is 0.206. The maximum atomic E-state index is 6.83. The molecule has 0 heterocycles. The van der Waals surface area contributed by atoms with E-state index in [1.165, 1.54) is 70.6 Å². The first-order valence-electron chi connectivity index (χ1n) is 8.97. The van der Waals surface area contributed by atoms with Gasteiger partial charge in [-0.1, -0.05) is 39.0 Å². The quantitative estimate of drug-likeness (QED) is 0.718. The molecule has 3 fully saturated rings. The Morgan fingerprint density at radius 3 is 2.63 bits per heavy atom. The highest BCUT2D eigenvalue weighted by atomic mass is 14.7. The van der Waals surface area contributed by atoms with Crippen molar-refractivity contribution < 1.29 is 0 Å². The summed E-state index contributed by atoms with van der Waals surface area (Å²) < 4.78 is 0. The molecule has 5 unspecified atom stereocenters. The Morgan fingerprint density at radius 2 is 1.95 bits per heavy atom. The lowest BCUT2D eigenvalue weighted by molar-refractivity contribution is 0.221. The molecule has 110 valence electrons. The van der Waals surface area contributed by atoms with Crippen LogP contribution in [0, 0.1) is 23.7 Å². The summed E-state index contributed by atoms with van der Waals surface area (Å²) in [5.41, 5.74) is 7.04. The molecule has 3 aliphatic carbocycles. The first kappa shape index (κ1) is 13.9. The lowest BCUT2D eigenvalue weighted by atomic mass is 9.76. The molecule has 0 aromatic carbocycles. The first-order chi connectivity index (χ1) is 9.18. The number of hydrogen-bond acceptors (Lipinski definition) is 1. The van der Waals surface area contributed by atoms with Crippen molar-refractivity contribution >= 4 is 0 Å². The Kier molecular flexibility index (Phi) is 4.22. The van der Waals surface area contributed by atoms with Crippen molar-refractivity contribution in [3.8, 4) is 0 Å². The van der Waals surface area contributed by atoms with E-state index in [-0.39, 0.29) is 5.54 Å². The van der Waals surface area contributed by atoms with Crippen LogP contribution in [-0.4, -0.2) is 5.54 Å². The zero-order valence-corrected chi connectivity index (χ0v) is 12.9. The molecule has 2 N–H and O–H groups in total. The van der Waals surface area contributed by atoms with Gasteiger partial charge in [0.15, 0.2) is 0 Å². The fourth-order valence-electron chi connectivity index (χ4n) is 5.55. The molecular formula is C18H33N. The second-order valence-electron chi connectivity index (χ2n) is 8.09. The van der Waals surface area contributed by atoms with Crippen LogP contribution in [0.1, 0.15) is 84.0 Å². The summed E-state index contributed by atoms with van der Waals surface area (Å²) in [5, 5.41) is 0. The molecule has 5 atom stereocenters. The fourth-order valence-corrected chi connectivity index (χ4v) is 5.55. The van der Waals surface area contributed by atoms with Crippen LogP contribution in [0.2, 0.25) is 0 Å². The van der Waals surface area contributed by atoms with E-state index < -0.39 is 0 Å². The summed E-state index contributed by atoms with van der Waals surface area (Å²) >= 11 is 0. The van der Waals surface area contributed by atoms with Crippen molar-refractivity contribution in [2.45, 2.75) is 89.5 Å². The van der Waals surface area contributed by atoms with Crippen molar-refractivity contribution in [2.75, 3.05) is 0 Å². The number of hydrogen-bond donors (Lipinski definition) is 1. The molecule has 0 aromatic rings. The molecule has 0 aromatic heterocycles. The zero-order valence-electron chi connectivity index (χ0n) is 12.9. The minimum absolute atomic E-state index is 0.206. The van der Waals surface area contributed by atoms with Gasteiger partial charge in [-0.05, 0) is 68.6 Å². The molecule has 3 rings (SSSR count). The molecule has 0 aliphatic heterocycles. The molecule has 1 nitrogen and oxygen atoms in total. The van der Waals surface area contributed by atoms with Gasteiger partial charge in [0.1, 0.15) is 0 Å². The van der Waals surface area contributed by atoms with Gasteiger partial charge in [0.05, 0.1) is 0 Å². The van der Waals surface area contributed by atoms with Gasteiger partial charge < -0.3 is 5.73 Å². The Bertz CT molecular complexity index is 300. The number of rotatable bonds is 4. The maximum absolute atomic E-state index is 6.83. The minimum Gasteiger partial charge on any atom is -0.325 e. The summed E-state index contributed by atoms with van der Waals surface area (Å²) in [5.74, 6) is 4.11. The van der Waals surface area contributed by atoms with Gasteiger partial charge in [-0.3, -0.25) is 0 Å². The van der Waals surface area contributed by atoms with Crippen LogP contribution in [0.5, 0.6) is 0 Å². The number of nitrogens with two attached hydrogens (primary N) is 1. The largest absolute Gasteiger partial charge is 0.325 e. The molecular weight excluding hydrogens is 230 g/mol. The van der Waals surface area contributed by atoms with Gasteiger partial charge in [0, 0.05) is 5.54 Å². The normalized spacial score (nSPS) is 46.4. The summed E-state index contributed by atoms with van der Waals surface area (Å²) in [6.45, 7) is 2.33. The van der Waals surface area contributed by atoms with Crippen molar-refractivity contribution in [3.63, 3.8) is 0 Å². The summed E-state index contributed by atoms with van der Waals surface area (Å²) in [7, 11) is 0. The van der Waals surface area contributed by atoms with Crippen LogP contribution in [0.3, 0.4) is 0 Å². The van der Waals surface area contributed by atoms with Crippen molar-refractivity contribution in [1.82, 2.24) is 0 Å². The van der Waals surface area contributed by atoms with Crippen LogP contribution in [0.4, 0.5) is 0 Å². The highest BCUT2D eigenvalue weighted by molar-refractivity contribution is 4.97. The van der Waals surface area contributed by atoms with Crippen LogP contribution >= 0.6 is 0 Å². The van der Waals surface area contributed by atoms with E-state index in [9.17, 15) is 0 Å².